The molecule has 1 aromatic carbocycles. The maximum atomic E-state index is 5.45. The highest BCUT2D eigenvalue weighted by Crippen LogP contribution is 2.33. The molecule has 0 aliphatic carbocycles. The molecule has 0 amide bonds. The summed E-state index contributed by atoms with van der Waals surface area (Å²) >= 11 is 5.22. The topological polar surface area (TPSA) is 30.5 Å². The summed E-state index contributed by atoms with van der Waals surface area (Å²) in [7, 11) is 3.33. The summed E-state index contributed by atoms with van der Waals surface area (Å²) in [5.41, 5.74) is 2.26. The van der Waals surface area contributed by atoms with E-state index in [1.165, 1.54) is 10.4 Å². The molecule has 2 aromatic rings. The molecular weight excluding hydrogens is 362 g/mol. The van der Waals surface area contributed by atoms with Crippen molar-refractivity contribution in [2.45, 2.75) is 19.5 Å². The highest BCUT2D eigenvalue weighted by Gasteiger charge is 2.11. The maximum Gasteiger partial charge on any atom is 0.164 e. The summed E-state index contributed by atoms with van der Waals surface area (Å²) in [5.74, 6) is 1.55. The molecule has 0 fully saturated rings. The Hall–Kier alpha value is -1.30. The fourth-order valence-electron chi connectivity index (χ4n) is 2.29. The Morgan fingerprint density at radius 2 is 2.05 bits per heavy atom. The monoisotopic (exact) mass is 381 g/mol. The van der Waals surface area contributed by atoms with Crippen LogP contribution in [0.15, 0.2) is 40.7 Å². The van der Waals surface area contributed by atoms with Gasteiger partial charge in [0, 0.05) is 33.4 Å². The minimum atomic E-state index is 0.755. The van der Waals surface area contributed by atoms with Gasteiger partial charge in [0.25, 0.3) is 0 Å². The molecule has 1 heterocycles. The zero-order chi connectivity index (χ0) is 15.9. The fourth-order valence-corrected chi connectivity index (χ4v) is 3.71. The van der Waals surface area contributed by atoms with Crippen molar-refractivity contribution in [1.82, 2.24) is 5.32 Å². The summed E-state index contributed by atoms with van der Waals surface area (Å²) in [6, 6.07) is 6.29. The van der Waals surface area contributed by atoms with Crippen molar-refractivity contribution in [3.05, 3.63) is 56.7 Å². The predicted octanol–water partition coefficient (Wildman–Crippen LogP) is 4.55. The lowest BCUT2D eigenvalue weighted by Crippen LogP contribution is -2.12. The van der Waals surface area contributed by atoms with E-state index in [2.05, 4.69) is 45.3 Å². The number of halogens is 1. The number of hydrogen-bond acceptors (Lipinski definition) is 4. The van der Waals surface area contributed by atoms with Gasteiger partial charge in [-0.05, 0) is 40.0 Å². The Morgan fingerprint density at radius 3 is 2.64 bits per heavy atom. The van der Waals surface area contributed by atoms with Crippen molar-refractivity contribution < 1.29 is 9.47 Å². The highest BCUT2D eigenvalue weighted by molar-refractivity contribution is 9.10. The van der Waals surface area contributed by atoms with E-state index in [4.69, 9.17) is 9.47 Å². The normalized spacial score (nSPS) is 10.5. The second-order valence-electron chi connectivity index (χ2n) is 4.82. The molecule has 22 heavy (non-hydrogen) atoms. The lowest BCUT2D eigenvalue weighted by atomic mass is 10.1. The third-order valence-corrected chi connectivity index (χ3v) is 4.93. The quantitative estimate of drug-likeness (QED) is 0.680. The van der Waals surface area contributed by atoms with E-state index in [1.54, 1.807) is 25.6 Å². The molecule has 2 rings (SSSR count). The van der Waals surface area contributed by atoms with Crippen LogP contribution in [0.2, 0.25) is 0 Å². The van der Waals surface area contributed by atoms with Gasteiger partial charge >= 0.3 is 0 Å². The molecule has 1 aromatic heterocycles. The lowest BCUT2D eigenvalue weighted by molar-refractivity contribution is 0.351. The number of hydrogen-bond donors (Lipinski definition) is 1. The fraction of sp³-hybridized carbons (Fsp3) is 0.294. The summed E-state index contributed by atoms with van der Waals surface area (Å²) in [4.78, 5) is 1.30. The first-order chi connectivity index (χ1) is 10.7. The maximum absolute atomic E-state index is 5.45. The van der Waals surface area contributed by atoms with Gasteiger partial charge in [-0.25, -0.2) is 0 Å². The Labute approximate surface area is 144 Å². The first-order valence-corrected chi connectivity index (χ1v) is 8.63. The smallest absolute Gasteiger partial charge is 0.164 e. The number of ether oxygens (including phenoxy) is 2. The minimum Gasteiger partial charge on any atom is -0.493 e. The molecule has 118 valence electrons. The van der Waals surface area contributed by atoms with Crippen LogP contribution in [0.4, 0.5) is 0 Å². The molecule has 0 bridgehead atoms. The van der Waals surface area contributed by atoms with E-state index in [-0.39, 0.29) is 0 Å². The molecule has 0 saturated carbocycles. The number of nitrogens with one attached hydrogen (secondary N) is 1. The van der Waals surface area contributed by atoms with E-state index >= 15 is 0 Å². The zero-order valence-corrected chi connectivity index (χ0v) is 15.2. The van der Waals surface area contributed by atoms with Gasteiger partial charge < -0.3 is 14.8 Å². The minimum absolute atomic E-state index is 0.755. The number of benzene rings is 1. The Balaban J connectivity index is 2.09. The van der Waals surface area contributed by atoms with Crippen LogP contribution in [-0.4, -0.2) is 14.2 Å². The van der Waals surface area contributed by atoms with Gasteiger partial charge in [-0.2, -0.15) is 0 Å². The SMILES string of the molecule is C=CCc1cc(CNCc2cc(Br)cs2)cc(OC)c1OC. The molecular formula is C17H20BrNO2S. The van der Waals surface area contributed by atoms with Crippen molar-refractivity contribution in [3.63, 3.8) is 0 Å². The van der Waals surface area contributed by atoms with Crippen LogP contribution < -0.4 is 14.8 Å². The number of rotatable bonds is 8. The van der Waals surface area contributed by atoms with Gasteiger partial charge in [-0.15, -0.1) is 17.9 Å². The zero-order valence-electron chi connectivity index (χ0n) is 12.8. The van der Waals surface area contributed by atoms with Crippen LogP contribution in [0.1, 0.15) is 16.0 Å². The largest absolute Gasteiger partial charge is 0.493 e. The van der Waals surface area contributed by atoms with Crippen LogP contribution in [0.25, 0.3) is 0 Å². The van der Waals surface area contributed by atoms with E-state index in [9.17, 15) is 0 Å². The van der Waals surface area contributed by atoms with Gasteiger partial charge in [0.2, 0.25) is 0 Å². The third kappa shape index (κ3) is 4.35. The second-order valence-corrected chi connectivity index (χ2v) is 6.73. The Kier molecular flexibility index (Phi) is 6.49. The molecule has 0 atom stereocenters. The number of methoxy groups -OCH3 is 2. The van der Waals surface area contributed by atoms with Crippen LogP contribution in [-0.2, 0) is 19.5 Å². The molecule has 5 heteroatoms. The molecule has 3 nitrogen and oxygen atoms in total. The van der Waals surface area contributed by atoms with E-state index < -0.39 is 0 Å². The summed E-state index contributed by atoms with van der Waals surface area (Å²) < 4.78 is 12.0. The number of thiophene rings is 1. The first-order valence-electron chi connectivity index (χ1n) is 6.96. The highest BCUT2D eigenvalue weighted by atomic mass is 79.9. The lowest BCUT2D eigenvalue weighted by Gasteiger charge is -2.14. The molecule has 0 aliphatic heterocycles. The van der Waals surface area contributed by atoms with Gasteiger partial charge in [-0.1, -0.05) is 12.1 Å². The molecule has 0 spiro atoms. The van der Waals surface area contributed by atoms with Crippen molar-refractivity contribution in [2.75, 3.05) is 14.2 Å². The van der Waals surface area contributed by atoms with E-state index in [1.807, 2.05) is 12.1 Å². The second kappa shape index (κ2) is 8.36. The van der Waals surface area contributed by atoms with Crippen LogP contribution in [0.5, 0.6) is 11.5 Å². The van der Waals surface area contributed by atoms with Crippen molar-refractivity contribution in [2.24, 2.45) is 0 Å². The van der Waals surface area contributed by atoms with Crippen molar-refractivity contribution in [3.8, 4) is 11.5 Å². The average molecular weight is 382 g/mol. The molecule has 0 radical (unpaired) electrons. The predicted molar refractivity (Wildman–Crippen MR) is 96.0 cm³/mol. The van der Waals surface area contributed by atoms with Gasteiger partial charge in [0.05, 0.1) is 14.2 Å². The Bertz CT molecular complexity index is 640. The molecule has 0 saturated heterocycles. The summed E-state index contributed by atoms with van der Waals surface area (Å²) in [5, 5.41) is 5.55. The number of allylic oxidation sites excluding steroid dienone is 1. The molecule has 0 aliphatic rings. The van der Waals surface area contributed by atoms with Crippen molar-refractivity contribution in [1.29, 1.82) is 0 Å². The van der Waals surface area contributed by atoms with Crippen LogP contribution >= 0.6 is 27.3 Å². The standard InChI is InChI=1S/C17H20BrNO2S/c1-4-5-13-6-12(7-16(20-2)17(13)21-3)9-19-10-15-8-14(18)11-22-15/h4,6-8,11,19H,1,5,9-10H2,2-3H3. The third-order valence-electron chi connectivity index (χ3n) is 3.23. The molecule has 0 unspecified atom stereocenters. The average Bonchev–Trinajstić information content (AvgIpc) is 2.92. The summed E-state index contributed by atoms with van der Waals surface area (Å²) in [6.07, 6.45) is 2.63. The summed E-state index contributed by atoms with van der Waals surface area (Å²) in [6.45, 7) is 5.43. The van der Waals surface area contributed by atoms with Crippen LogP contribution in [0, 0.1) is 0 Å². The Morgan fingerprint density at radius 1 is 1.23 bits per heavy atom. The van der Waals surface area contributed by atoms with E-state index in [0.29, 0.717) is 0 Å². The van der Waals surface area contributed by atoms with Gasteiger partial charge in [-0.3, -0.25) is 0 Å². The van der Waals surface area contributed by atoms with E-state index in [0.717, 1.165) is 41.0 Å². The van der Waals surface area contributed by atoms with Crippen molar-refractivity contribution >= 4 is 27.3 Å². The van der Waals surface area contributed by atoms with Crippen LogP contribution in [0.3, 0.4) is 0 Å². The first kappa shape index (κ1) is 17.1. The molecule has 1 N–H and O–H groups in total. The van der Waals surface area contributed by atoms with Gasteiger partial charge in [0.1, 0.15) is 0 Å². The van der Waals surface area contributed by atoms with Gasteiger partial charge in [0.15, 0.2) is 11.5 Å².